The van der Waals surface area contributed by atoms with Gasteiger partial charge in [0, 0.05) is 14.1 Å². The van der Waals surface area contributed by atoms with E-state index in [2.05, 4.69) is 20.6 Å². The van der Waals surface area contributed by atoms with Crippen molar-refractivity contribution >= 4 is 5.91 Å². The molecule has 6 nitrogen and oxygen atoms in total. The number of rotatable bonds is 2. The van der Waals surface area contributed by atoms with Crippen molar-refractivity contribution < 1.29 is 4.79 Å². The predicted octanol–water partition coefficient (Wildman–Crippen LogP) is -1.17. The lowest BCUT2D eigenvalue weighted by Crippen LogP contribution is -2.23. The lowest BCUT2D eigenvalue weighted by atomic mass is 10.4. The number of tetrazole rings is 1. The van der Waals surface area contributed by atoms with E-state index in [9.17, 15) is 4.79 Å². The summed E-state index contributed by atoms with van der Waals surface area (Å²) in [4.78, 5) is 12.5. The number of hydrogen-bond acceptors (Lipinski definition) is 4. The Hall–Kier alpha value is -1.46. The van der Waals surface area contributed by atoms with Crippen LogP contribution in [-0.4, -0.2) is 45.5 Å². The second-order valence-electron chi connectivity index (χ2n) is 2.29. The highest BCUT2D eigenvalue weighted by Gasteiger charge is 2.07. The second-order valence-corrected chi connectivity index (χ2v) is 2.29. The number of hydrogen-bond donors (Lipinski definition) is 1. The van der Waals surface area contributed by atoms with Gasteiger partial charge in [-0.15, -0.1) is 10.2 Å². The molecule has 0 fully saturated rings. The Labute approximate surface area is 63.6 Å². The molecule has 1 amide bonds. The first-order valence-corrected chi connectivity index (χ1v) is 3.12. The molecule has 1 rings (SSSR count). The molecule has 0 atom stereocenters. The molecule has 0 aliphatic carbocycles. The Kier molecular flexibility index (Phi) is 2.15. The van der Waals surface area contributed by atoms with Gasteiger partial charge in [-0.05, 0) is 0 Å². The van der Waals surface area contributed by atoms with Crippen LogP contribution in [0, 0.1) is 0 Å². The summed E-state index contributed by atoms with van der Waals surface area (Å²) in [6.07, 6.45) is 0.198. The monoisotopic (exact) mass is 155 g/mol. The summed E-state index contributed by atoms with van der Waals surface area (Å²) >= 11 is 0. The van der Waals surface area contributed by atoms with E-state index in [4.69, 9.17) is 0 Å². The van der Waals surface area contributed by atoms with Crippen LogP contribution in [0.15, 0.2) is 0 Å². The number of amides is 1. The Morgan fingerprint density at radius 3 is 2.82 bits per heavy atom. The third-order valence-electron chi connectivity index (χ3n) is 1.20. The first-order chi connectivity index (χ1) is 5.20. The minimum atomic E-state index is -0.0357. The molecule has 0 spiro atoms. The van der Waals surface area contributed by atoms with Crippen LogP contribution >= 0.6 is 0 Å². The van der Waals surface area contributed by atoms with Crippen LogP contribution in [0.5, 0.6) is 0 Å². The maximum absolute atomic E-state index is 11.0. The molecule has 11 heavy (non-hydrogen) atoms. The van der Waals surface area contributed by atoms with Gasteiger partial charge in [0.25, 0.3) is 0 Å². The lowest BCUT2D eigenvalue weighted by molar-refractivity contribution is -0.128. The molecule has 0 radical (unpaired) electrons. The van der Waals surface area contributed by atoms with Gasteiger partial charge in [-0.3, -0.25) is 4.79 Å². The first kappa shape index (κ1) is 7.64. The van der Waals surface area contributed by atoms with Crippen molar-refractivity contribution in [2.45, 2.75) is 6.42 Å². The predicted molar refractivity (Wildman–Crippen MR) is 36.6 cm³/mol. The van der Waals surface area contributed by atoms with Gasteiger partial charge in [0.1, 0.15) is 0 Å². The summed E-state index contributed by atoms with van der Waals surface area (Å²) in [5.41, 5.74) is 0. The van der Waals surface area contributed by atoms with Gasteiger partial charge in [-0.1, -0.05) is 5.21 Å². The summed E-state index contributed by atoms with van der Waals surface area (Å²) < 4.78 is 0. The smallest absolute Gasteiger partial charge is 0.229 e. The zero-order valence-corrected chi connectivity index (χ0v) is 6.40. The largest absolute Gasteiger partial charge is 0.348 e. The molecule has 1 N–H and O–H groups in total. The van der Waals surface area contributed by atoms with Gasteiger partial charge in [0.05, 0.1) is 6.42 Å². The summed E-state index contributed by atoms with van der Waals surface area (Å²) in [6.45, 7) is 0. The molecule has 0 saturated heterocycles. The van der Waals surface area contributed by atoms with Crippen molar-refractivity contribution in [3.63, 3.8) is 0 Å². The van der Waals surface area contributed by atoms with Crippen LogP contribution in [0.1, 0.15) is 5.82 Å². The van der Waals surface area contributed by atoms with E-state index in [0.29, 0.717) is 5.82 Å². The highest BCUT2D eigenvalue weighted by Crippen LogP contribution is 1.89. The molecule has 60 valence electrons. The summed E-state index contributed by atoms with van der Waals surface area (Å²) in [5.74, 6) is 0.384. The van der Waals surface area contributed by atoms with Crippen molar-refractivity contribution in [3.05, 3.63) is 5.82 Å². The second kappa shape index (κ2) is 3.09. The summed E-state index contributed by atoms with van der Waals surface area (Å²) in [7, 11) is 3.37. The number of aromatic nitrogens is 4. The number of carbonyl (C=O) groups excluding carboxylic acids is 1. The van der Waals surface area contributed by atoms with Crippen molar-refractivity contribution in [3.8, 4) is 0 Å². The molecule has 0 aromatic carbocycles. The topological polar surface area (TPSA) is 74.8 Å². The molecule has 0 unspecified atom stereocenters. The quantitative estimate of drug-likeness (QED) is 0.584. The Balaban J connectivity index is 2.50. The summed E-state index contributed by atoms with van der Waals surface area (Å²) in [5, 5.41) is 12.9. The van der Waals surface area contributed by atoms with Gasteiger partial charge in [0.15, 0.2) is 5.82 Å². The van der Waals surface area contributed by atoms with Crippen LogP contribution in [0.25, 0.3) is 0 Å². The lowest BCUT2D eigenvalue weighted by Gasteiger charge is -2.06. The maximum Gasteiger partial charge on any atom is 0.229 e. The normalized spacial score (nSPS) is 9.64. The highest BCUT2D eigenvalue weighted by molar-refractivity contribution is 5.77. The van der Waals surface area contributed by atoms with E-state index >= 15 is 0 Å². The molecule has 6 heteroatoms. The molecule has 0 bridgehead atoms. The van der Waals surface area contributed by atoms with Crippen LogP contribution < -0.4 is 0 Å². The minimum absolute atomic E-state index is 0.0357. The molecule has 1 heterocycles. The van der Waals surface area contributed by atoms with Gasteiger partial charge in [-0.25, -0.2) is 0 Å². The van der Waals surface area contributed by atoms with E-state index in [1.165, 1.54) is 4.90 Å². The van der Waals surface area contributed by atoms with Crippen LogP contribution in [0.3, 0.4) is 0 Å². The summed E-state index contributed by atoms with van der Waals surface area (Å²) in [6, 6.07) is 0. The molecule has 0 aliphatic heterocycles. The van der Waals surface area contributed by atoms with Crippen molar-refractivity contribution in [1.29, 1.82) is 0 Å². The SMILES string of the molecule is CN(C)C(=O)Cc1nn[nH]n1. The molecule has 1 aromatic rings. The molecular weight excluding hydrogens is 146 g/mol. The standard InChI is InChI=1S/C5H9N5O/c1-10(2)5(11)3-4-6-8-9-7-4/h3H2,1-2H3,(H,6,7,8,9). The van der Waals surface area contributed by atoms with Crippen LogP contribution in [0.2, 0.25) is 0 Å². The van der Waals surface area contributed by atoms with Gasteiger partial charge < -0.3 is 4.90 Å². The van der Waals surface area contributed by atoms with E-state index in [1.807, 2.05) is 0 Å². The fraction of sp³-hybridized carbons (Fsp3) is 0.600. The number of H-pyrrole nitrogens is 1. The van der Waals surface area contributed by atoms with Crippen LogP contribution in [-0.2, 0) is 11.2 Å². The average molecular weight is 155 g/mol. The number of carbonyl (C=O) groups is 1. The van der Waals surface area contributed by atoms with Gasteiger partial charge in [-0.2, -0.15) is 5.21 Å². The number of nitrogens with one attached hydrogen (secondary N) is 1. The van der Waals surface area contributed by atoms with Crippen molar-refractivity contribution in [2.75, 3.05) is 14.1 Å². The Bertz CT molecular complexity index is 229. The first-order valence-electron chi connectivity index (χ1n) is 3.12. The number of aromatic amines is 1. The van der Waals surface area contributed by atoms with Gasteiger partial charge >= 0.3 is 0 Å². The fourth-order valence-electron chi connectivity index (χ4n) is 0.551. The van der Waals surface area contributed by atoms with E-state index in [1.54, 1.807) is 14.1 Å². The minimum Gasteiger partial charge on any atom is -0.348 e. The van der Waals surface area contributed by atoms with Crippen LogP contribution in [0.4, 0.5) is 0 Å². The number of nitrogens with zero attached hydrogens (tertiary/aromatic N) is 4. The van der Waals surface area contributed by atoms with E-state index in [-0.39, 0.29) is 12.3 Å². The Morgan fingerprint density at radius 2 is 2.36 bits per heavy atom. The zero-order valence-electron chi connectivity index (χ0n) is 6.40. The number of likely N-dealkylation sites (N-methyl/N-ethyl adjacent to an activating group) is 1. The fourth-order valence-corrected chi connectivity index (χ4v) is 0.551. The highest BCUT2D eigenvalue weighted by atomic mass is 16.2. The van der Waals surface area contributed by atoms with E-state index < -0.39 is 0 Å². The molecule has 1 aromatic heterocycles. The van der Waals surface area contributed by atoms with Crippen molar-refractivity contribution in [1.82, 2.24) is 25.5 Å². The van der Waals surface area contributed by atoms with Gasteiger partial charge in [0.2, 0.25) is 5.91 Å². The molecule has 0 saturated carbocycles. The molecule has 0 aliphatic rings. The Morgan fingerprint density at radius 1 is 1.64 bits per heavy atom. The third-order valence-corrected chi connectivity index (χ3v) is 1.20. The zero-order chi connectivity index (χ0) is 8.27. The molecular formula is C5H9N5O. The maximum atomic E-state index is 11.0. The third kappa shape index (κ3) is 1.99. The van der Waals surface area contributed by atoms with E-state index in [0.717, 1.165) is 0 Å². The van der Waals surface area contributed by atoms with Crippen molar-refractivity contribution in [2.24, 2.45) is 0 Å². The average Bonchev–Trinajstić information content (AvgIpc) is 2.39.